The predicted molar refractivity (Wildman–Crippen MR) is 74.0 cm³/mol. The van der Waals surface area contributed by atoms with E-state index in [1.165, 1.54) is 12.8 Å². The van der Waals surface area contributed by atoms with Crippen molar-refractivity contribution in [3.05, 3.63) is 34.9 Å². The van der Waals surface area contributed by atoms with Crippen LogP contribution in [0.15, 0.2) is 24.3 Å². The molecule has 1 amide bonds. The van der Waals surface area contributed by atoms with E-state index < -0.39 is 0 Å². The molecule has 1 fully saturated rings. The van der Waals surface area contributed by atoms with Crippen molar-refractivity contribution >= 4 is 17.5 Å². The van der Waals surface area contributed by atoms with Crippen LogP contribution in [0.5, 0.6) is 0 Å². The summed E-state index contributed by atoms with van der Waals surface area (Å²) in [6.45, 7) is 3.67. The van der Waals surface area contributed by atoms with Crippen LogP contribution in [0.3, 0.4) is 0 Å². The molecule has 1 aliphatic carbocycles. The lowest BCUT2D eigenvalue weighted by atomic mass is 10.2. The number of benzene rings is 1. The lowest BCUT2D eigenvalue weighted by Gasteiger charge is -2.12. The van der Waals surface area contributed by atoms with E-state index in [2.05, 4.69) is 17.6 Å². The molecule has 98 valence electrons. The molecule has 0 heterocycles. The quantitative estimate of drug-likeness (QED) is 0.777. The highest BCUT2D eigenvalue weighted by atomic mass is 35.5. The zero-order valence-electron chi connectivity index (χ0n) is 10.6. The number of hydrogen-bond donors (Lipinski definition) is 2. The topological polar surface area (TPSA) is 41.1 Å². The minimum absolute atomic E-state index is 0.0486. The van der Waals surface area contributed by atoms with Crippen molar-refractivity contribution in [3.8, 4) is 0 Å². The van der Waals surface area contributed by atoms with Crippen LogP contribution in [0.4, 0.5) is 0 Å². The second-order valence-electron chi connectivity index (χ2n) is 4.84. The van der Waals surface area contributed by atoms with E-state index in [9.17, 15) is 4.79 Å². The summed E-state index contributed by atoms with van der Waals surface area (Å²) in [6.07, 6.45) is 2.68. The van der Waals surface area contributed by atoms with Crippen LogP contribution in [-0.2, 0) is 0 Å². The summed E-state index contributed by atoms with van der Waals surface area (Å²) in [6, 6.07) is 7.49. The van der Waals surface area contributed by atoms with Gasteiger partial charge >= 0.3 is 0 Å². The van der Waals surface area contributed by atoms with E-state index in [-0.39, 0.29) is 5.91 Å². The first-order valence-electron chi connectivity index (χ1n) is 6.44. The van der Waals surface area contributed by atoms with Gasteiger partial charge in [0.2, 0.25) is 0 Å². The van der Waals surface area contributed by atoms with Crippen molar-refractivity contribution in [2.45, 2.75) is 25.8 Å². The lowest BCUT2D eigenvalue weighted by Crippen LogP contribution is -2.36. The van der Waals surface area contributed by atoms with E-state index in [0.29, 0.717) is 23.2 Å². The Morgan fingerprint density at radius 1 is 1.33 bits per heavy atom. The van der Waals surface area contributed by atoms with Crippen molar-refractivity contribution in [2.24, 2.45) is 5.92 Å². The Kier molecular flexibility index (Phi) is 4.61. The molecule has 1 aromatic carbocycles. The molecule has 1 unspecified atom stereocenters. The van der Waals surface area contributed by atoms with E-state index in [1.54, 1.807) is 24.3 Å². The van der Waals surface area contributed by atoms with Crippen molar-refractivity contribution in [1.82, 2.24) is 10.6 Å². The van der Waals surface area contributed by atoms with Gasteiger partial charge in [-0.1, -0.05) is 11.6 Å². The molecule has 1 atom stereocenters. The standard InChI is InChI=1S/C14H19ClN2O/c1-10(11-2-3-11)16-8-9-17-14(18)12-4-6-13(15)7-5-12/h4-7,10-11,16H,2-3,8-9H2,1H3,(H,17,18). The first-order valence-corrected chi connectivity index (χ1v) is 6.82. The smallest absolute Gasteiger partial charge is 0.251 e. The largest absolute Gasteiger partial charge is 0.351 e. The maximum atomic E-state index is 11.8. The minimum atomic E-state index is -0.0486. The van der Waals surface area contributed by atoms with Gasteiger partial charge in [0.05, 0.1) is 0 Å². The Balaban J connectivity index is 1.66. The molecule has 0 radical (unpaired) electrons. The number of carbonyl (C=O) groups is 1. The van der Waals surface area contributed by atoms with Crippen LogP contribution in [0.1, 0.15) is 30.1 Å². The monoisotopic (exact) mass is 266 g/mol. The lowest BCUT2D eigenvalue weighted by molar-refractivity contribution is 0.0953. The highest BCUT2D eigenvalue weighted by Gasteiger charge is 2.27. The van der Waals surface area contributed by atoms with Crippen molar-refractivity contribution in [1.29, 1.82) is 0 Å². The Morgan fingerprint density at radius 3 is 2.61 bits per heavy atom. The summed E-state index contributed by atoms with van der Waals surface area (Å²) >= 11 is 5.77. The molecule has 0 saturated heterocycles. The second kappa shape index (κ2) is 6.21. The summed E-state index contributed by atoms with van der Waals surface area (Å²) < 4.78 is 0. The number of hydrogen-bond acceptors (Lipinski definition) is 2. The highest BCUT2D eigenvalue weighted by molar-refractivity contribution is 6.30. The van der Waals surface area contributed by atoms with Crippen molar-refractivity contribution in [2.75, 3.05) is 13.1 Å². The molecule has 4 heteroatoms. The van der Waals surface area contributed by atoms with Gasteiger partial charge in [0.25, 0.3) is 5.91 Å². The average Bonchev–Trinajstić information content (AvgIpc) is 3.19. The molecule has 0 bridgehead atoms. The van der Waals surface area contributed by atoms with Gasteiger partial charge in [-0.15, -0.1) is 0 Å². The molecule has 3 nitrogen and oxygen atoms in total. The van der Waals surface area contributed by atoms with Crippen LogP contribution >= 0.6 is 11.6 Å². The van der Waals surface area contributed by atoms with Crippen LogP contribution in [0.2, 0.25) is 5.02 Å². The number of carbonyl (C=O) groups excluding carboxylic acids is 1. The Hall–Kier alpha value is -1.06. The van der Waals surface area contributed by atoms with Crippen LogP contribution in [0.25, 0.3) is 0 Å². The van der Waals surface area contributed by atoms with Crippen LogP contribution in [-0.4, -0.2) is 25.0 Å². The molecule has 2 rings (SSSR count). The maximum Gasteiger partial charge on any atom is 0.251 e. The van der Waals surface area contributed by atoms with Gasteiger partial charge in [0.1, 0.15) is 0 Å². The first-order chi connectivity index (χ1) is 8.66. The number of nitrogens with one attached hydrogen (secondary N) is 2. The SMILES string of the molecule is CC(NCCNC(=O)c1ccc(Cl)cc1)C1CC1. The Bertz CT molecular complexity index is 401. The number of rotatable bonds is 6. The minimum Gasteiger partial charge on any atom is -0.351 e. The fraction of sp³-hybridized carbons (Fsp3) is 0.500. The third-order valence-corrected chi connectivity index (χ3v) is 3.56. The normalized spacial score (nSPS) is 16.3. The molecule has 1 aliphatic rings. The van der Waals surface area contributed by atoms with Gasteiger partial charge in [0, 0.05) is 29.7 Å². The van der Waals surface area contributed by atoms with E-state index >= 15 is 0 Å². The van der Waals surface area contributed by atoms with Gasteiger partial charge < -0.3 is 10.6 Å². The van der Waals surface area contributed by atoms with Crippen LogP contribution < -0.4 is 10.6 Å². The zero-order valence-corrected chi connectivity index (χ0v) is 11.3. The fourth-order valence-corrected chi connectivity index (χ4v) is 2.07. The number of amides is 1. The Morgan fingerprint density at radius 2 is 2.00 bits per heavy atom. The third kappa shape index (κ3) is 4.00. The molecule has 0 spiro atoms. The molecular formula is C14H19ClN2O. The third-order valence-electron chi connectivity index (χ3n) is 3.31. The van der Waals surface area contributed by atoms with E-state index in [1.807, 2.05) is 0 Å². The molecule has 1 aromatic rings. The summed E-state index contributed by atoms with van der Waals surface area (Å²) in [5.74, 6) is 0.796. The van der Waals surface area contributed by atoms with Crippen molar-refractivity contribution in [3.63, 3.8) is 0 Å². The van der Waals surface area contributed by atoms with Crippen molar-refractivity contribution < 1.29 is 4.79 Å². The molecule has 18 heavy (non-hydrogen) atoms. The van der Waals surface area contributed by atoms with Gasteiger partial charge in [-0.25, -0.2) is 0 Å². The number of halogens is 1. The molecule has 2 N–H and O–H groups in total. The summed E-state index contributed by atoms with van der Waals surface area (Å²) in [5, 5.41) is 6.96. The highest BCUT2D eigenvalue weighted by Crippen LogP contribution is 2.32. The molecule has 0 aromatic heterocycles. The summed E-state index contributed by atoms with van der Waals surface area (Å²) in [5.41, 5.74) is 0.648. The maximum absolute atomic E-state index is 11.8. The van der Waals surface area contributed by atoms with E-state index in [0.717, 1.165) is 12.5 Å². The summed E-state index contributed by atoms with van der Waals surface area (Å²) in [4.78, 5) is 11.8. The molecule has 1 saturated carbocycles. The average molecular weight is 267 g/mol. The van der Waals surface area contributed by atoms with Gasteiger partial charge in [-0.05, 0) is 49.9 Å². The fourth-order valence-electron chi connectivity index (χ4n) is 1.94. The first kappa shape index (κ1) is 13.4. The van der Waals surface area contributed by atoms with Gasteiger partial charge in [-0.3, -0.25) is 4.79 Å². The van der Waals surface area contributed by atoms with Crippen LogP contribution in [0, 0.1) is 5.92 Å². The zero-order chi connectivity index (χ0) is 13.0. The van der Waals surface area contributed by atoms with Gasteiger partial charge in [0.15, 0.2) is 0 Å². The predicted octanol–water partition coefficient (Wildman–Crippen LogP) is 2.46. The second-order valence-corrected chi connectivity index (χ2v) is 5.28. The van der Waals surface area contributed by atoms with E-state index in [4.69, 9.17) is 11.6 Å². The van der Waals surface area contributed by atoms with Gasteiger partial charge in [-0.2, -0.15) is 0 Å². The molecule has 0 aliphatic heterocycles. The Labute approximate surface area is 113 Å². The summed E-state index contributed by atoms with van der Waals surface area (Å²) in [7, 11) is 0. The molecular weight excluding hydrogens is 248 g/mol.